The topological polar surface area (TPSA) is 67.1 Å². The van der Waals surface area contributed by atoms with Crippen molar-refractivity contribution in [2.75, 3.05) is 25.0 Å². The van der Waals surface area contributed by atoms with Gasteiger partial charge in [-0.3, -0.25) is 4.90 Å². The monoisotopic (exact) mass is 341 g/mol. The number of halogens is 1. The molecule has 25 heavy (non-hydrogen) atoms. The number of benzene rings is 1. The summed E-state index contributed by atoms with van der Waals surface area (Å²) in [6.45, 7) is 5.21. The van der Waals surface area contributed by atoms with Gasteiger partial charge >= 0.3 is 0 Å². The first kappa shape index (κ1) is 16.0. The second-order valence-electron chi connectivity index (χ2n) is 6.25. The van der Waals surface area contributed by atoms with Crippen LogP contribution in [0.2, 0.25) is 0 Å². The summed E-state index contributed by atoms with van der Waals surface area (Å²) in [5, 5.41) is 8.28. The van der Waals surface area contributed by atoms with E-state index in [4.69, 9.17) is 4.52 Å². The maximum Gasteiger partial charge on any atom is 0.263 e. The van der Waals surface area contributed by atoms with E-state index in [0.717, 1.165) is 30.6 Å². The zero-order valence-corrected chi connectivity index (χ0v) is 14.1. The average Bonchev–Trinajstić information content (AvgIpc) is 3.27. The highest BCUT2D eigenvalue weighted by Crippen LogP contribution is 2.31. The normalized spacial score (nSPS) is 18.1. The smallest absolute Gasteiger partial charge is 0.263 e. The van der Waals surface area contributed by atoms with E-state index >= 15 is 0 Å². The Morgan fingerprint density at radius 3 is 2.92 bits per heavy atom. The maximum atomic E-state index is 13.2. The average molecular weight is 341 g/mol. The second-order valence-corrected chi connectivity index (χ2v) is 6.25. The number of rotatable bonds is 5. The third-order valence-corrected chi connectivity index (χ3v) is 4.80. The van der Waals surface area contributed by atoms with Crippen LogP contribution in [0.15, 0.2) is 35.1 Å². The standard InChI is InChI=1S/C18H20FN5O/c1-2-24-9-3-4-14(24)10-20-17-15-16(12-5-7-13(19)8-6-12)23-25-18(15)22-11-21-17/h5-8,11,14H,2-4,9-10H2,1H3,(H,20,21,22)/t14-/m0/s1. The molecule has 1 fully saturated rings. The van der Waals surface area contributed by atoms with Gasteiger partial charge in [0.15, 0.2) is 0 Å². The first-order valence-corrected chi connectivity index (χ1v) is 8.60. The fraction of sp³-hybridized carbons (Fsp3) is 0.389. The van der Waals surface area contributed by atoms with E-state index in [9.17, 15) is 4.39 Å². The lowest BCUT2D eigenvalue weighted by atomic mass is 10.1. The Balaban J connectivity index is 1.65. The molecular weight excluding hydrogens is 321 g/mol. The van der Waals surface area contributed by atoms with E-state index in [2.05, 4.69) is 32.3 Å². The first-order chi connectivity index (χ1) is 12.3. The summed E-state index contributed by atoms with van der Waals surface area (Å²) in [7, 11) is 0. The Morgan fingerprint density at radius 1 is 1.28 bits per heavy atom. The molecule has 1 saturated heterocycles. The van der Waals surface area contributed by atoms with E-state index in [1.54, 1.807) is 12.1 Å². The van der Waals surface area contributed by atoms with Crippen molar-refractivity contribution in [2.24, 2.45) is 0 Å². The van der Waals surface area contributed by atoms with Crippen LogP contribution in [-0.2, 0) is 0 Å². The predicted molar refractivity (Wildman–Crippen MR) is 93.8 cm³/mol. The van der Waals surface area contributed by atoms with Crippen LogP contribution in [0.5, 0.6) is 0 Å². The van der Waals surface area contributed by atoms with Gasteiger partial charge in [0.25, 0.3) is 5.71 Å². The van der Waals surface area contributed by atoms with E-state index in [0.29, 0.717) is 23.3 Å². The number of nitrogens with zero attached hydrogens (tertiary/aromatic N) is 4. The zero-order valence-electron chi connectivity index (χ0n) is 14.1. The van der Waals surface area contributed by atoms with E-state index in [1.165, 1.54) is 31.3 Å². The van der Waals surface area contributed by atoms with Crippen LogP contribution in [0.25, 0.3) is 22.4 Å². The van der Waals surface area contributed by atoms with Crippen molar-refractivity contribution in [3.8, 4) is 11.3 Å². The van der Waals surface area contributed by atoms with Crippen molar-refractivity contribution < 1.29 is 8.91 Å². The third kappa shape index (κ3) is 3.07. The molecule has 1 atom stereocenters. The Hall–Kier alpha value is -2.54. The molecule has 3 heterocycles. The molecule has 0 aliphatic carbocycles. The summed E-state index contributed by atoms with van der Waals surface area (Å²) in [5.41, 5.74) is 1.82. The SMILES string of the molecule is CCN1CCC[C@H]1CNc1ncnc2onc(-c3ccc(F)cc3)c12. The molecule has 0 unspecified atom stereocenters. The minimum Gasteiger partial charge on any atom is -0.368 e. The first-order valence-electron chi connectivity index (χ1n) is 8.60. The highest BCUT2D eigenvalue weighted by atomic mass is 19.1. The van der Waals surface area contributed by atoms with Gasteiger partial charge in [-0.05, 0) is 50.2 Å². The summed E-state index contributed by atoms with van der Waals surface area (Å²) < 4.78 is 18.5. The summed E-state index contributed by atoms with van der Waals surface area (Å²) in [4.78, 5) is 11.0. The number of aromatic nitrogens is 3. The summed E-state index contributed by atoms with van der Waals surface area (Å²) in [6, 6.07) is 6.68. The Kier molecular flexibility index (Phi) is 4.31. The van der Waals surface area contributed by atoms with Crippen molar-refractivity contribution in [1.82, 2.24) is 20.0 Å². The molecule has 1 aromatic carbocycles. The maximum absolute atomic E-state index is 13.2. The lowest BCUT2D eigenvalue weighted by Gasteiger charge is -2.23. The fourth-order valence-corrected chi connectivity index (χ4v) is 3.48. The van der Waals surface area contributed by atoms with Crippen molar-refractivity contribution >= 4 is 16.9 Å². The van der Waals surface area contributed by atoms with Gasteiger partial charge in [0.2, 0.25) is 0 Å². The van der Waals surface area contributed by atoms with Crippen LogP contribution >= 0.6 is 0 Å². The molecule has 1 aliphatic rings. The van der Waals surface area contributed by atoms with Gasteiger partial charge in [-0.2, -0.15) is 4.98 Å². The van der Waals surface area contributed by atoms with Gasteiger partial charge < -0.3 is 9.84 Å². The van der Waals surface area contributed by atoms with Crippen LogP contribution in [0.1, 0.15) is 19.8 Å². The summed E-state index contributed by atoms with van der Waals surface area (Å²) in [5.74, 6) is 0.417. The number of fused-ring (bicyclic) bond motifs is 1. The van der Waals surface area contributed by atoms with Gasteiger partial charge in [-0.1, -0.05) is 12.1 Å². The predicted octanol–water partition coefficient (Wildman–Crippen LogP) is 3.32. The Morgan fingerprint density at radius 2 is 2.12 bits per heavy atom. The number of nitrogens with one attached hydrogen (secondary N) is 1. The molecule has 1 N–H and O–H groups in total. The Bertz CT molecular complexity index is 864. The number of hydrogen-bond donors (Lipinski definition) is 1. The number of hydrogen-bond acceptors (Lipinski definition) is 6. The van der Waals surface area contributed by atoms with Crippen molar-refractivity contribution in [2.45, 2.75) is 25.8 Å². The molecule has 0 bridgehead atoms. The molecule has 0 amide bonds. The van der Waals surface area contributed by atoms with Gasteiger partial charge in [0, 0.05) is 18.2 Å². The molecular formula is C18H20FN5O. The molecule has 4 rings (SSSR count). The minimum absolute atomic E-state index is 0.285. The molecule has 0 spiro atoms. The van der Waals surface area contributed by atoms with Crippen molar-refractivity contribution in [3.05, 3.63) is 36.4 Å². The fourth-order valence-electron chi connectivity index (χ4n) is 3.48. The van der Waals surface area contributed by atoms with Gasteiger partial charge in [-0.15, -0.1) is 0 Å². The van der Waals surface area contributed by atoms with Crippen LogP contribution in [-0.4, -0.2) is 45.7 Å². The number of likely N-dealkylation sites (N-methyl/N-ethyl adjacent to an activating group) is 1. The highest BCUT2D eigenvalue weighted by molar-refractivity contribution is 5.97. The minimum atomic E-state index is -0.285. The Labute approximate surface area is 145 Å². The molecule has 1 aliphatic heterocycles. The van der Waals surface area contributed by atoms with E-state index in [-0.39, 0.29) is 5.82 Å². The third-order valence-electron chi connectivity index (χ3n) is 4.80. The molecule has 0 saturated carbocycles. The molecule has 0 radical (unpaired) electrons. The van der Waals surface area contributed by atoms with Gasteiger partial charge in [-0.25, -0.2) is 9.37 Å². The van der Waals surface area contributed by atoms with E-state index < -0.39 is 0 Å². The van der Waals surface area contributed by atoms with Crippen LogP contribution in [0.4, 0.5) is 10.2 Å². The lowest BCUT2D eigenvalue weighted by molar-refractivity contribution is 0.277. The largest absolute Gasteiger partial charge is 0.368 e. The van der Waals surface area contributed by atoms with Crippen molar-refractivity contribution in [3.63, 3.8) is 0 Å². The molecule has 130 valence electrons. The summed E-state index contributed by atoms with van der Waals surface area (Å²) in [6.07, 6.45) is 3.88. The van der Waals surface area contributed by atoms with Crippen LogP contribution < -0.4 is 5.32 Å². The van der Waals surface area contributed by atoms with Gasteiger partial charge in [0.1, 0.15) is 29.0 Å². The van der Waals surface area contributed by atoms with Crippen molar-refractivity contribution in [1.29, 1.82) is 0 Å². The van der Waals surface area contributed by atoms with Gasteiger partial charge in [0.05, 0.1) is 0 Å². The molecule has 2 aromatic heterocycles. The molecule has 7 heteroatoms. The lowest BCUT2D eigenvalue weighted by Crippen LogP contribution is -2.34. The van der Waals surface area contributed by atoms with Crippen LogP contribution in [0.3, 0.4) is 0 Å². The van der Waals surface area contributed by atoms with E-state index in [1.807, 2.05) is 0 Å². The number of likely N-dealkylation sites (tertiary alicyclic amines) is 1. The van der Waals surface area contributed by atoms with Crippen LogP contribution in [0, 0.1) is 5.82 Å². The highest BCUT2D eigenvalue weighted by Gasteiger charge is 2.24. The zero-order chi connectivity index (χ0) is 17.2. The quantitative estimate of drug-likeness (QED) is 0.768. The number of anilines is 1. The molecule has 6 nitrogen and oxygen atoms in total. The summed E-state index contributed by atoms with van der Waals surface area (Å²) >= 11 is 0. The molecule has 3 aromatic rings. The second kappa shape index (κ2) is 6.76.